The third kappa shape index (κ3) is 9.46. The Balaban J connectivity index is 0.999. The summed E-state index contributed by atoms with van der Waals surface area (Å²) in [4.78, 5) is 54.7. The number of H-pyrrole nitrogens is 1. The number of halogens is 1. The number of fused-ring (bicyclic) bond motifs is 2. The molecule has 1 aliphatic carbocycles. The van der Waals surface area contributed by atoms with Crippen molar-refractivity contribution >= 4 is 84.3 Å². The molecule has 0 radical (unpaired) electrons. The van der Waals surface area contributed by atoms with Crippen LogP contribution in [0.1, 0.15) is 49.0 Å². The number of likely N-dealkylation sites (N-methyl/N-ethyl adjacent to an activating group) is 1. The highest BCUT2D eigenvalue weighted by molar-refractivity contribution is 7.90. The Morgan fingerprint density at radius 3 is 2.55 bits per heavy atom. The van der Waals surface area contributed by atoms with Crippen molar-refractivity contribution in [3.63, 3.8) is 0 Å². The van der Waals surface area contributed by atoms with Gasteiger partial charge in [0.25, 0.3) is 21.6 Å². The lowest BCUT2D eigenvalue weighted by Crippen LogP contribution is -2.47. The summed E-state index contributed by atoms with van der Waals surface area (Å²) in [6.07, 6.45) is 4.53. The van der Waals surface area contributed by atoms with Crippen molar-refractivity contribution in [3.8, 4) is 0 Å². The van der Waals surface area contributed by atoms with E-state index in [-0.39, 0.29) is 41.8 Å². The Bertz CT molecular complexity index is 2840. The van der Waals surface area contributed by atoms with Crippen LogP contribution in [0, 0.1) is 15.5 Å². The molecule has 2 saturated heterocycles. The number of piperazine rings is 1. The zero-order valence-electron chi connectivity index (χ0n) is 37.0. The van der Waals surface area contributed by atoms with E-state index in [2.05, 4.69) is 50.8 Å². The molecule has 0 bridgehead atoms. The van der Waals surface area contributed by atoms with Crippen LogP contribution in [0.2, 0.25) is 5.02 Å². The third-order valence-electron chi connectivity index (χ3n) is 12.9. The summed E-state index contributed by atoms with van der Waals surface area (Å²) in [5.41, 5.74) is 6.02. The molecule has 17 nitrogen and oxygen atoms in total. The maximum Gasteiger partial charge on any atom is 0.293 e. The van der Waals surface area contributed by atoms with Crippen LogP contribution in [-0.4, -0.2) is 119 Å². The monoisotopic (exact) mass is 937 g/mol. The fourth-order valence-corrected chi connectivity index (χ4v) is 10.3. The molecule has 346 valence electrons. The van der Waals surface area contributed by atoms with E-state index in [4.69, 9.17) is 26.1 Å². The van der Waals surface area contributed by atoms with Crippen LogP contribution >= 0.6 is 11.6 Å². The normalized spacial score (nSPS) is 19.2. The van der Waals surface area contributed by atoms with Crippen LogP contribution in [0.4, 0.5) is 34.3 Å². The van der Waals surface area contributed by atoms with E-state index in [1.54, 1.807) is 30.3 Å². The summed E-state index contributed by atoms with van der Waals surface area (Å²) in [5.74, 6) is -0.910. The summed E-state index contributed by atoms with van der Waals surface area (Å²) in [6, 6.07) is 20.4. The first-order chi connectivity index (χ1) is 31.6. The number of hydrogen-bond acceptors (Lipinski definition) is 13. The fraction of sp³-hybridized carbons (Fsp3) is 0.383. The first-order valence-corrected chi connectivity index (χ1v) is 23.9. The molecule has 2 fully saturated rings. The van der Waals surface area contributed by atoms with Gasteiger partial charge in [-0.3, -0.25) is 29.5 Å². The second kappa shape index (κ2) is 18.3. The van der Waals surface area contributed by atoms with Gasteiger partial charge in [-0.05, 0) is 90.4 Å². The Morgan fingerprint density at radius 2 is 1.80 bits per heavy atom. The number of nitrogens with zero attached hydrogens (tertiary/aromatic N) is 6. The maximum absolute atomic E-state index is 14.4. The van der Waals surface area contributed by atoms with E-state index in [9.17, 15) is 28.1 Å². The average Bonchev–Trinajstić information content (AvgIpc) is 3.78. The van der Waals surface area contributed by atoms with Crippen molar-refractivity contribution in [2.45, 2.75) is 44.1 Å². The molecule has 2 amide bonds. The van der Waals surface area contributed by atoms with Crippen molar-refractivity contribution in [2.75, 3.05) is 92.7 Å². The van der Waals surface area contributed by atoms with Gasteiger partial charge in [-0.2, -0.15) is 0 Å². The molecular weight excluding hydrogens is 886 g/mol. The molecule has 0 unspecified atom stereocenters. The van der Waals surface area contributed by atoms with E-state index in [0.29, 0.717) is 60.8 Å². The number of ether oxygens (including phenoxy) is 2. The topological polar surface area (TPSA) is 196 Å². The number of nitrogens with one attached hydrogen (secondary N) is 3. The number of hydrogen-bond donors (Lipinski definition) is 3. The van der Waals surface area contributed by atoms with Crippen LogP contribution in [0.5, 0.6) is 0 Å². The molecule has 3 aliphatic heterocycles. The number of aromatic nitrogens is 2. The molecule has 3 N–H and O–H groups in total. The zero-order valence-corrected chi connectivity index (χ0v) is 38.6. The SMILES string of the molecule is CN1C(=O)CN(c2cc(N3CCN(CC4=C(c5ccc(Cl)cc5)CC(C)(C)CC4)CC3)ccc2C(=O)NS(=O)(=O)c2ccc(NC[C@H]3COCCO3)c([N+](=O)[O-])c2)c2cc3cc[nH]c3nc21. The molecule has 0 saturated carbocycles. The van der Waals surface area contributed by atoms with Gasteiger partial charge in [0.2, 0.25) is 5.91 Å². The molecule has 66 heavy (non-hydrogen) atoms. The minimum atomic E-state index is -4.66. The van der Waals surface area contributed by atoms with Gasteiger partial charge in [-0.1, -0.05) is 43.2 Å². The number of sulfonamides is 1. The highest BCUT2D eigenvalue weighted by Gasteiger charge is 2.35. The van der Waals surface area contributed by atoms with Crippen LogP contribution in [0.25, 0.3) is 16.6 Å². The minimum Gasteiger partial charge on any atom is -0.377 e. The number of aromatic amines is 1. The number of allylic oxidation sites excluding steroid dienone is 1. The summed E-state index contributed by atoms with van der Waals surface area (Å²) < 4.78 is 41.0. The van der Waals surface area contributed by atoms with Crippen molar-refractivity contribution < 1.29 is 32.4 Å². The molecule has 1 atom stereocenters. The molecule has 4 aliphatic rings. The second-order valence-electron chi connectivity index (χ2n) is 18.0. The molecule has 3 aromatic carbocycles. The predicted octanol–water partition coefficient (Wildman–Crippen LogP) is 6.97. The molecule has 2 aromatic heterocycles. The van der Waals surface area contributed by atoms with Crippen LogP contribution in [0.15, 0.2) is 89.5 Å². The number of nitro groups is 1. The number of pyridine rings is 1. The van der Waals surface area contributed by atoms with Crippen molar-refractivity contribution in [1.29, 1.82) is 0 Å². The standard InChI is InChI=1S/C47H52ClN9O8S/c1-47(2)14-12-32(38(25-47)30-4-6-33(48)7-5-30)27-54-16-18-55(19-17-54)34-8-10-37(40(23-34)56-28-43(58)53(3)45-42(56)22-31-13-15-49-44(31)51-45)46(59)52-66(62,63)36-9-11-39(41(24-36)57(60)61)50-26-35-29-64-20-21-65-35/h4-11,13,15,22-24,35,50H,12,14,16-21,25-29H2,1-3H3,(H,49,51)(H,52,59)/t35-/m0/s1. The van der Waals surface area contributed by atoms with Gasteiger partial charge >= 0.3 is 0 Å². The number of amides is 2. The Kier molecular flexibility index (Phi) is 12.5. The lowest BCUT2D eigenvalue weighted by Gasteiger charge is -2.40. The lowest BCUT2D eigenvalue weighted by atomic mass is 9.72. The van der Waals surface area contributed by atoms with Crippen molar-refractivity contribution in [2.24, 2.45) is 5.41 Å². The Labute approximate surface area is 387 Å². The smallest absolute Gasteiger partial charge is 0.293 e. The van der Waals surface area contributed by atoms with Gasteiger partial charge in [0.05, 0.1) is 52.7 Å². The van der Waals surface area contributed by atoms with Gasteiger partial charge in [0.15, 0.2) is 5.82 Å². The number of carbonyl (C=O) groups excluding carboxylic acids is 2. The molecule has 19 heteroatoms. The maximum atomic E-state index is 14.4. The summed E-state index contributed by atoms with van der Waals surface area (Å²) in [6.45, 7) is 9.64. The summed E-state index contributed by atoms with van der Waals surface area (Å²) in [7, 11) is -3.02. The minimum absolute atomic E-state index is 0.0252. The lowest BCUT2D eigenvalue weighted by molar-refractivity contribution is -0.384. The number of benzene rings is 3. The van der Waals surface area contributed by atoms with E-state index in [1.807, 2.05) is 30.3 Å². The van der Waals surface area contributed by atoms with Crippen LogP contribution in [0.3, 0.4) is 0 Å². The van der Waals surface area contributed by atoms with Crippen molar-refractivity contribution in [1.82, 2.24) is 19.6 Å². The highest BCUT2D eigenvalue weighted by Crippen LogP contribution is 2.44. The Morgan fingerprint density at radius 1 is 1.02 bits per heavy atom. The fourth-order valence-electron chi connectivity index (χ4n) is 9.19. The van der Waals surface area contributed by atoms with Gasteiger partial charge in [-0.15, -0.1) is 0 Å². The molecular formula is C47H52ClN9O8S. The van der Waals surface area contributed by atoms with Gasteiger partial charge < -0.3 is 29.6 Å². The number of nitro benzene ring substituents is 1. The number of rotatable bonds is 12. The predicted molar refractivity (Wildman–Crippen MR) is 254 cm³/mol. The molecule has 5 heterocycles. The third-order valence-corrected chi connectivity index (χ3v) is 14.5. The van der Waals surface area contributed by atoms with Crippen LogP contribution in [-0.2, 0) is 24.3 Å². The molecule has 9 rings (SSSR count). The van der Waals surface area contributed by atoms with Crippen LogP contribution < -0.4 is 24.7 Å². The highest BCUT2D eigenvalue weighted by atomic mass is 35.5. The zero-order chi connectivity index (χ0) is 46.3. The number of carbonyl (C=O) groups is 2. The largest absolute Gasteiger partial charge is 0.377 e. The summed E-state index contributed by atoms with van der Waals surface area (Å²) >= 11 is 6.26. The van der Waals surface area contributed by atoms with E-state index in [1.165, 1.54) is 33.7 Å². The van der Waals surface area contributed by atoms with Crippen molar-refractivity contribution in [3.05, 3.63) is 111 Å². The summed E-state index contributed by atoms with van der Waals surface area (Å²) in [5, 5.41) is 16.6. The average molecular weight is 939 g/mol. The van der Waals surface area contributed by atoms with Gasteiger partial charge in [0, 0.05) is 74.7 Å². The van der Waals surface area contributed by atoms with E-state index >= 15 is 0 Å². The quantitative estimate of drug-likeness (QED) is 0.0858. The Hall–Kier alpha value is -6.05. The first kappa shape index (κ1) is 45.1. The molecule has 0 spiro atoms. The van der Waals surface area contributed by atoms with Gasteiger partial charge in [-0.25, -0.2) is 18.1 Å². The number of anilines is 5. The first-order valence-electron chi connectivity index (χ1n) is 22.0. The molecule has 5 aromatic rings. The van der Waals surface area contributed by atoms with E-state index in [0.717, 1.165) is 56.0 Å². The van der Waals surface area contributed by atoms with E-state index < -0.39 is 31.4 Å². The van der Waals surface area contributed by atoms with Gasteiger partial charge in [0.1, 0.15) is 17.9 Å². The second-order valence-corrected chi connectivity index (χ2v) is 20.1.